The van der Waals surface area contributed by atoms with Crippen LogP contribution < -0.4 is 15.8 Å². The Bertz CT molecular complexity index is 1010. The summed E-state index contributed by atoms with van der Waals surface area (Å²) in [4.78, 5) is 23.0. The van der Waals surface area contributed by atoms with Crippen molar-refractivity contribution in [3.63, 3.8) is 0 Å². The summed E-state index contributed by atoms with van der Waals surface area (Å²) in [5.41, 5.74) is 5.71. The molecule has 37 heavy (non-hydrogen) atoms. The first-order valence-corrected chi connectivity index (χ1v) is 13.5. The van der Waals surface area contributed by atoms with Crippen LogP contribution in [0.25, 0.3) is 0 Å². The first-order chi connectivity index (χ1) is 17.9. The van der Waals surface area contributed by atoms with Crippen molar-refractivity contribution in [1.82, 2.24) is 25.6 Å². The van der Waals surface area contributed by atoms with E-state index in [9.17, 15) is 4.79 Å². The van der Waals surface area contributed by atoms with E-state index in [4.69, 9.17) is 0 Å². The van der Waals surface area contributed by atoms with Gasteiger partial charge >= 0.3 is 0 Å². The highest BCUT2D eigenvalue weighted by atomic mass is 16.2. The van der Waals surface area contributed by atoms with Crippen LogP contribution in [-0.4, -0.2) is 47.0 Å². The molecule has 3 rings (SSSR count). The normalized spacial score (nSPS) is 11.4. The molecule has 7 heteroatoms. The number of nitrogens with one attached hydrogen (secondary N) is 3. The lowest BCUT2D eigenvalue weighted by Crippen LogP contribution is -2.42. The Kier molecular flexibility index (Phi) is 11.7. The first kappa shape index (κ1) is 28.4. The number of unbranched alkanes of at least 4 members (excludes halogenated alkanes) is 1. The molecule has 1 amide bonds. The Morgan fingerprint density at radius 1 is 0.946 bits per heavy atom. The molecule has 200 valence electrons. The van der Waals surface area contributed by atoms with Gasteiger partial charge in [0.1, 0.15) is 5.82 Å². The van der Waals surface area contributed by atoms with Gasteiger partial charge < -0.3 is 15.2 Å². The summed E-state index contributed by atoms with van der Waals surface area (Å²) in [6.07, 6.45) is 5.86. The predicted molar refractivity (Wildman–Crippen MR) is 152 cm³/mol. The summed E-state index contributed by atoms with van der Waals surface area (Å²) in [6, 6.07) is 17.6. The van der Waals surface area contributed by atoms with Crippen LogP contribution in [0.5, 0.6) is 0 Å². The van der Waals surface area contributed by atoms with Gasteiger partial charge in [0.05, 0.1) is 12.2 Å². The van der Waals surface area contributed by atoms with Gasteiger partial charge in [0.2, 0.25) is 0 Å². The van der Waals surface area contributed by atoms with Gasteiger partial charge in [-0.15, -0.1) is 0 Å². The highest BCUT2D eigenvalue weighted by Gasteiger charge is 2.14. The number of carbonyl (C=O) groups excluding carboxylic acids is 1. The fraction of sp³-hybridized carbons (Fsp3) is 0.467. The first-order valence-electron chi connectivity index (χ1n) is 13.5. The van der Waals surface area contributed by atoms with E-state index in [2.05, 4.69) is 53.3 Å². The highest BCUT2D eigenvalue weighted by Crippen LogP contribution is 2.14. The molecule has 0 saturated heterocycles. The van der Waals surface area contributed by atoms with Gasteiger partial charge in [-0.05, 0) is 67.6 Å². The summed E-state index contributed by atoms with van der Waals surface area (Å²) in [6.45, 7) is 15.0. The molecule has 1 heterocycles. The van der Waals surface area contributed by atoms with Crippen molar-refractivity contribution < 1.29 is 4.79 Å². The lowest BCUT2D eigenvalue weighted by Gasteiger charge is -2.26. The van der Waals surface area contributed by atoms with E-state index in [1.165, 1.54) is 31.6 Å². The highest BCUT2D eigenvalue weighted by molar-refractivity contribution is 5.95. The second-order valence-electron chi connectivity index (χ2n) is 10.5. The van der Waals surface area contributed by atoms with Gasteiger partial charge in [-0.3, -0.25) is 15.2 Å². The number of hydrazine groups is 1. The van der Waals surface area contributed by atoms with Crippen LogP contribution in [0.4, 0.5) is 5.69 Å². The molecule has 1 aromatic heterocycles. The minimum absolute atomic E-state index is 0.151. The summed E-state index contributed by atoms with van der Waals surface area (Å²) < 4.78 is 0. The Hall–Kier alpha value is -3.16. The fourth-order valence-electron chi connectivity index (χ4n) is 4.41. The lowest BCUT2D eigenvalue weighted by atomic mass is 10.1. The summed E-state index contributed by atoms with van der Waals surface area (Å²) in [5.74, 6) is 2.04. The quantitative estimate of drug-likeness (QED) is 0.184. The molecule has 0 radical (unpaired) electrons. The van der Waals surface area contributed by atoms with E-state index in [-0.39, 0.29) is 5.91 Å². The van der Waals surface area contributed by atoms with Crippen molar-refractivity contribution in [2.24, 2.45) is 11.8 Å². The smallest absolute Gasteiger partial charge is 0.269 e. The molecule has 2 aromatic carbocycles. The molecule has 0 aliphatic carbocycles. The van der Waals surface area contributed by atoms with Crippen LogP contribution in [-0.2, 0) is 13.1 Å². The standard InChI is InChI=1S/C30H44N6O/c1-24(2)21-35(22-25(3)4)19-9-8-16-31-20-26-12-14-27(15-13-26)30(37)34-36(23-29-32-17-18-33-29)28-10-6-5-7-11-28/h5-7,10-15,17-18,24-25,31H,8-9,16,19-23H2,1-4H3,(H,32,33)(H,34,37). The molecule has 0 fully saturated rings. The van der Waals surface area contributed by atoms with Crippen molar-refractivity contribution in [2.45, 2.75) is 53.6 Å². The number of aromatic amines is 1. The second-order valence-corrected chi connectivity index (χ2v) is 10.5. The molecule has 0 unspecified atom stereocenters. The average molecular weight is 505 g/mol. The predicted octanol–water partition coefficient (Wildman–Crippen LogP) is 5.25. The second kappa shape index (κ2) is 15.2. The van der Waals surface area contributed by atoms with Crippen LogP contribution in [0.3, 0.4) is 0 Å². The van der Waals surface area contributed by atoms with Crippen molar-refractivity contribution in [1.29, 1.82) is 0 Å². The summed E-state index contributed by atoms with van der Waals surface area (Å²) in [5, 5.41) is 5.35. The SMILES string of the molecule is CC(C)CN(CCCCNCc1ccc(C(=O)NN(Cc2ncc[nH]2)c2ccccc2)cc1)CC(C)C. The summed E-state index contributed by atoms with van der Waals surface area (Å²) >= 11 is 0. The summed E-state index contributed by atoms with van der Waals surface area (Å²) in [7, 11) is 0. The van der Waals surface area contributed by atoms with Crippen LogP contribution >= 0.6 is 0 Å². The number of benzene rings is 2. The number of H-pyrrole nitrogens is 1. The van der Waals surface area contributed by atoms with Gasteiger partial charge in [0, 0.05) is 37.6 Å². The number of nitrogens with zero attached hydrogens (tertiary/aromatic N) is 3. The van der Waals surface area contributed by atoms with Gasteiger partial charge in [-0.25, -0.2) is 4.98 Å². The van der Waals surface area contributed by atoms with E-state index >= 15 is 0 Å². The molecule has 0 spiro atoms. The third-order valence-corrected chi connectivity index (χ3v) is 6.04. The number of hydrogen-bond acceptors (Lipinski definition) is 5. The fourth-order valence-corrected chi connectivity index (χ4v) is 4.41. The number of aromatic nitrogens is 2. The lowest BCUT2D eigenvalue weighted by molar-refractivity contribution is 0.0948. The molecule has 0 atom stereocenters. The Morgan fingerprint density at radius 2 is 1.65 bits per heavy atom. The number of carbonyl (C=O) groups is 1. The van der Waals surface area contributed by atoms with E-state index < -0.39 is 0 Å². The number of anilines is 1. The van der Waals surface area contributed by atoms with Crippen molar-refractivity contribution >= 4 is 11.6 Å². The topological polar surface area (TPSA) is 76.3 Å². The molecule has 0 aliphatic heterocycles. The molecular weight excluding hydrogens is 460 g/mol. The number of hydrogen-bond donors (Lipinski definition) is 3. The maximum atomic E-state index is 13.0. The third-order valence-electron chi connectivity index (χ3n) is 6.04. The maximum absolute atomic E-state index is 13.0. The molecule has 7 nitrogen and oxygen atoms in total. The van der Waals surface area contributed by atoms with Gasteiger partial charge in [0.25, 0.3) is 5.91 Å². The van der Waals surface area contributed by atoms with Crippen molar-refractivity contribution in [3.05, 3.63) is 83.9 Å². The molecule has 3 aromatic rings. The molecule has 0 aliphatic rings. The molecule has 3 N–H and O–H groups in total. The molecule has 0 bridgehead atoms. The van der Waals surface area contributed by atoms with E-state index in [0.29, 0.717) is 23.9 Å². The van der Waals surface area contributed by atoms with Crippen LogP contribution in [0, 0.1) is 11.8 Å². The molecule has 0 saturated carbocycles. The molecular formula is C30H44N6O. The zero-order valence-electron chi connectivity index (χ0n) is 22.9. The van der Waals surface area contributed by atoms with Crippen molar-refractivity contribution in [3.8, 4) is 0 Å². The zero-order chi connectivity index (χ0) is 26.5. The number of imidazole rings is 1. The van der Waals surface area contributed by atoms with E-state index in [1.54, 1.807) is 17.4 Å². The van der Waals surface area contributed by atoms with E-state index in [1.807, 2.05) is 54.6 Å². The van der Waals surface area contributed by atoms with E-state index in [0.717, 1.165) is 31.0 Å². The number of amides is 1. The van der Waals surface area contributed by atoms with Gasteiger partial charge in [-0.1, -0.05) is 58.0 Å². The number of para-hydroxylation sites is 1. The largest absolute Gasteiger partial charge is 0.347 e. The minimum Gasteiger partial charge on any atom is -0.347 e. The minimum atomic E-state index is -0.151. The third kappa shape index (κ3) is 10.4. The maximum Gasteiger partial charge on any atom is 0.269 e. The zero-order valence-corrected chi connectivity index (χ0v) is 22.9. The van der Waals surface area contributed by atoms with Crippen LogP contribution in [0.2, 0.25) is 0 Å². The Morgan fingerprint density at radius 3 is 2.27 bits per heavy atom. The number of rotatable bonds is 16. The Balaban J connectivity index is 1.43. The average Bonchev–Trinajstić information content (AvgIpc) is 3.39. The Labute approximate surface area is 222 Å². The van der Waals surface area contributed by atoms with Gasteiger partial charge in [0.15, 0.2) is 0 Å². The van der Waals surface area contributed by atoms with Crippen molar-refractivity contribution in [2.75, 3.05) is 31.2 Å². The monoisotopic (exact) mass is 504 g/mol. The van der Waals surface area contributed by atoms with Gasteiger partial charge in [-0.2, -0.15) is 0 Å². The van der Waals surface area contributed by atoms with Crippen LogP contribution in [0.1, 0.15) is 62.3 Å². The van der Waals surface area contributed by atoms with Crippen LogP contribution in [0.15, 0.2) is 67.0 Å².